The first kappa shape index (κ1) is 9.97. The SMILES string of the molecule is CC(=O)N[C@H]1CCCC[C@H]2CNC[C@@H]21. The number of carbonyl (C=O) groups excluding carboxylic acids is 1. The van der Waals surface area contributed by atoms with E-state index in [1.807, 2.05) is 0 Å². The number of hydrogen-bond donors (Lipinski definition) is 2. The molecule has 0 aromatic carbocycles. The molecule has 3 heteroatoms. The molecule has 1 aliphatic carbocycles. The predicted octanol–water partition coefficient (Wildman–Crippen LogP) is 0.901. The van der Waals surface area contributed by atoms with Gasteiger partial charge < -0.3 is 10.6 Å². The van der Waals surface area contributed by atoms with E-state index in [0.717, 1.165) is 19.0 Å². The van der Waals surface area contributed by atoms with Crippen molar-refractivity contribution >= 4 is 5.91 Å². The molecular weight excluding hydrogens is 176 g/mol. The van der Waals surface area contributed by atoms with E-state index in [0.29, 0.717) is 12.0 Å². The highest BCUT2D eigenvalue weighted by atomic mass is 16.1. The summed E-state index contributed by atoms with van der Waals surface area (Å²) in [6, 6.07) is 0.426. The Labute approximate surface area is 85.6 Å². The Morgan fingerprint density at radius 1 is 1.29 bits per heavy atom. The normalized spacial score (nSPS) is 37.4. The van der Waals surface area contributed by atoms with E-state index in [1.165, 1.54) is 25.7 Å². The molecule has 1 saturated carbocycles. The lowest BCUT2D eigenvalue weighted by Crippen LogP contribution is -2.41. The van der Waals surface area contributed by atoms with Gasteiger partial charge in [-0.05, 0) is 31.2 Å². The van der Waals surface area contributed by atoms with Crippen LogP contribution in [0, 0.1) is 11.8 Å². The molecule has 1 heterocycles. The van der Waals surface area contributed by atoms with Gasteiger partial charge in [0.1, 0.15) is 0 Å². The van der Waals surface area contributed by atoms with Crippen molar-refractivity contribution in [3.05, 3.63) is 0 Å². The van der Waals surface area contributed by atoms with Crippen LogP contribution < -0.4 is 10.6 Å². The molecule has 1 aliphatic heterocycles. The Morgan fingerprint density at radius 2 is 2.07 bits per heavy atom. The molecule has 80 valence electrons. The van der Waals surface area contributed by atoms with Crippen LogP contribution in [0.1, 0.15) is 32.6 Å². The van der Waals surface area contributed by atoms with Gasteiger partial charge in [-0.3, -0.25) is 4.79 Å². The number of nitrogens with one attached hydrogen (secondary N) is 2. The van der Waals surface area contributed by atoms with Gasteiger partial charge in [-0.15, -0.1) is 0 Å². The lowest BCUT2D eigenvalue weighted by Gasteiger charge is -2.25. The fraction of sp³-hybridized carbons (Fsp3) is 0.909. The number of carbonyl (C=O) groups is 1. The molecule has 0 aromatic rings. The van der Waals surface area contributed by atoms with Crippen LogP contribution in [0.2, 0.25) is 0 Å². The number of fused-ring (bicyclic) bond motifs is 1. The summed E-state index contributed by atoms with van der Waals surface area (Å²) in [6.07, 6.45) is 5.12. The summed E-state index contributed by atoms with van der Waals surface area (Å²) in [5, 5.41) is 6.56. The molecule has 3 nitrogen and oxygen atoms in total. The van der Waals surface area contributed by atoms with E-state index in [4.69, 9.17) is 0 Å². The Kier molecular flexibility index (Phi) is 3.06. The molecule has 2 N–H and O–H groups in total. The van der Waals surface area contributed by atoms with E-state index in [2.05, 4.69) is 10.6 Å². The van der Waals surface area contributed by atoms with Crippen molar-refractivity contribution in [2.75, 3.05) is 13.1 Å². The van der Waals surface area contributed by atoms with Gasteiger partial charge in [0, 0.05) is 19.5 Å². The summed E-state index contributed by atoms with van der Waals surface area (Å²) in [5.41, 5.74) is 0. The molecule has 0 unspecified atom stereocenters. The van der Waals surface area contributed by atoms with Gasteiger partial charge in [0.15, 0.2) is 0 Å². The third kappa shape index (κ3) is 2.08. The third-order valence-corrected chi connectivity index (χ3v) is 3.64. The molecule has 0 aromatic heterocycles. The summed E-state index contributed by atoms with van der Waals surface area (Å²) in [7, 11) is 0. The van der Waals surface area contributed by atoms with Gasteiger partial charge in [-0.1, -0.05) is 12.8 Å². The first-order valence-corrected chi connectivity index (χ1v) is 5.75. The first-order valence-electron chi connectivity index (χ1n) is 5.75. The highest BCUT2D eigenvalue weighted by Crippen LogP contribution is 2.31. The predicted molar refractivity (Wildman–Crippen MR) is 55.9 cm³/mol. The average molecular weight is 196 g/mol. The topological polar surface area (TPSA) is 41.1 Å². The third-order valence-electron chi connectivity index (χ3n) is 3.64. The Hall–Kier alpha value is -0.570. The summed E-state index contributed by atoms with van der Waals surface area (Å²) < 4.78 is 0. The Bertz CT molecular complexity index is 217. The van der Waals surface area contributed by atoms with E-state index in [1.54, 1.807) is 6.92 Å². The van der Waals surface area contributed by atoms with Crippen LogP contribution in [-0.2, 0) is 4.79 Å². The summed E-state index contributed by atoms with van der Waals surface area (Å²) in [5.74, 6) is 1.61. The minimum absolute atomic E-state index is 0.127. The van der Waals surface area contributed by atoms with E-state index < -0.39 is 0 Å². The lowest BCUT2D eigenvalue weighted by atomic mass is 9.88. The van der Waals surface area contributed by atoms with Gasteiger partial charge >= 0.3 is 0 Å². The zero-order chi connectivity index (χ0) is 9.97. The van der Waals surface area contributed by atoms with E-state index in [9.17, 15) is 4.79 Å². The van der Waals surface area contributed by atoms with E-state index >= 15 is 0 Å². The van der Waals surface area contributed by atoms with Gasteiger partial charge in [0.05, 0.1) is 0 Å². The molecule has 14 heavy (non-hydrogen) atoms. The fourth-order valence-electron chi connectivity index (χ4n) is 2.97. The average Bonchev–Trinajstić information content (AvgIpc) is 2.51. The van der Waals surface area contributed by atoms with Crippen molar-refractivity contribution in [1.29, 1.82) is 0 Å². The number of rotatable bonds is 1. The minimum atomic E-state index is 0.127. The molecule has 0 spiro atoms. The molecule has 1 saturated heterocycles. The van der Waals surface area contributed by atoms with Crippen LogP contribution in [0.5, 0.6) is 0 Å². The van der Waals surface area contributed by atoms with Crippen LogP contribution in [0.25, 0.3) is 0 Å². The molecule has 2 rings (SSSR count). The van der Waals surface area contributed by atoms with Crippen molar-refractivity contribution < 1.29 is 4.79 Å². The number of hydrogen-bond acceptors (Lipinski definition) is 2. The number of amides is 1. The van der Waals surface area contributed by atoms with Crippen molar-refractivity contribution in [3.63, 3.8) is 0 Å². The Balaban J connectivity index is 2.01. The van der Waals surface area contributed by atoms with Crippen molar-refractivity contribution in [1.82, 2.24) is 10.6 Å². The second kappa shape index (κ2) is 4.30. The monoisotopic (exact) mass is 196 g/mol. The largest absolute Gasteiger partial charge is 0.353 e. The van der Waals surface area contributed by atoms with Crippen molar-refractivity contribution in [2.24, 2.45) is 11.8 Å². The fourth-order valence-corrected chi connectivity index (χ4v) is 2.97. The van der Waals surface area contributed by atoms with Gasteiger partial charge in [0.2, 0.25) is 5.91 Å². The molecule has 2 aliphatic rings. The lowest BCUT2D eigenvalue weighted by molar-refractivity contribution is -0.120. The first-order chi connectivity index (χ1) is 6.77. The molecule has 0 bridgehead atoms. The second-order valence-electron chi connectivity index (χ2n) is 4.67. The zero-order valence-corrected chi connectivity index (χ0v) is 8.88. The van der Waals surface area contributed by atoms with Crippen molar-refractivity contribution in [2.45, 2.75) is 38.6 Å². The highest BCUT2D eigenvalue weighted by Gasteiger charge is 2.35. The Morgan fingerprint density at radius 3 is 2.86 bits per heavy atom. The second-order valence-corrected chi connectivity index (χ2v) is 4.67. The highest BCUT2D eigenvalue weighted by molar-refractivity contribution is 5.73. The van der Waals surface area contributed by atoms with Crippen LogP contribution in [-0.4, -0.2) is 25.0 Å². The van der Waals surface area contributed by atoms with Gasteiger partial charge in [-0.2, -0.15) is 0 Å². The maximum Gasteiger partial charge on any atom is 0.217 e. The summed E-state index contributed by atoms with van der Waals surface area (Å²) in [4.78, 5) is 11.1. The molecule has 2 fully saturated rings. The maximum absolute atomic E-state index is 11.1. The van der Waals surface area contributed by atoms with Crippen LogP contribution in [0.3, 0.4) is 0 Å². The molecular formula is C11H20N2O. The van der Waals surface area contributed by atoms with Crippen LogP contribution in [0.15, 0.2) is 0 Å². The quantitative estimate of drug-likeness (QED) is 0.654. The minimum Gasteiger partial charge on any atom is -0.353 e. The molecule has 3 atom stereocenters. The molecule has 1 amide bonds. The summed E-state index contributed by atoms with van der Waals surface area (Å²) >= 11 is 0. The van der Waals surface area contributed by atoms with Crippen LogP contribution >= 0.6 is 0 Å². The zero-order valence-electron chi connectivity index (χ0n) is 8.88. The van der Waals surface area contributed by atoms with E-state index in [-0.39, 0.29) is 5.91 Å². The van der Waals surface area contributed by atoms with Gasteiger partial charge in [0.25, 0.3) is 0 Å². The van der Waals surface area contributed by atoms with Gasteiger partial charge in [-0.25, -0.2) is 0 Å². The van der Waals surface area contributed by atoms with Crippen LogP contribution in [0.4, 0.5) is 0 Å². The standard InChI is InChI=1S/C11H20N2O/c1-8(14)13-11-5-3-2-4-9-6-12-7-10(9)11/h9-12H,2-7H2,1H3,(H,13,14)/t9-,10-,11-/m0/s1. The maximum atomic E-state index is 11.1. The summed E-state index contributed by atoms with van der Waals surface area (Å²) in [6.45, 7) is 3.87. The van der Waals surface area contributed by atoms with Crippen molar-refractivity contribution in [3.8, 4) is 0 Å². The molecule has 0 radical (unpaired) electrons. The smallest absolute Gasteiger partial charge is 0.217 e.